The summed E-state index contributed by atoms with van der Waals surface area (Å²) >= 11 is 0. The summed E-state index contributed by atoms with van der Waals surface area (Å²) in [5, 5.41) is 1.27. The third kappa shape index (κ3) is 4.84. The van der Waals surface area contributed by atoms with E-state index in [2.05, 4.69) is 39.2 Å². The van der Waals surface area contributed by atoms with Crippen LogP contribution in [-0.4, -0.2) is 45.9 Å². The van der Waals surface area contributed by atoms with Gasteiger partial charge in [0.25, 0.3) is 0 Å². The Balaban J connectivity index is 1.16. The molecular formula is C28H34FN3O. The largest absolute Gasteiger partial charge is 0.361 e. The molecule has 0 bridgehead atoms. The van der Waals surface area contributed by atoms with E-state index in [1.807, 2.05) is 12.1 Å². The summed E-state index contributed by atoms with van der Waals surface area (Å²) in [7, 11) is 0. The molecule has 2 aromatic carbocycles. The minimum atomic E-state index is -0.161. The van der Waals surface area contributed by atoms with Crippen LogP contribution in [0, 0.1) is 5.82 Å². The molecule has 1 aromatic heterocycles. The Morgan fingerprint density at radius 2 is 1.85 bits per heavy atom. The molecular weight excluding hydrogens is 413 g/mol. The Hall–Kier alpha value is -2.66. The van der Waals surface area contributed by atoms with E-state index in [4.69, 9.17) is 0 Å². The highest BCUT2D eigenvalue weighted by Crippen LogP contribution is 2.39. The Morgan fingerprint density at radius 1 is 1.00 bits per heavy atom. The van der Waals surface area contributed by atoms with Crippen molar-refractivity contribution >= 4 is 16.8 Å². The fraction of sp³-hybridized carbons (Fsp3) is 0.464. The first-order valence-corrected chi connectivity index (χ1v) is 12.5. The van der Waals surface area contributed by atoms with Crippen molar-refractivity contribution in [2.45, 2.75) is 63.5 Å². The first-order valence-electron chi connectivity index (χ1n) is 12.5. The maximum atomic E-state index is 13.7. The number of carbonyl (C=O) groups is 1. The third-order valence-electron chi connectivity index (χ3n) is 7.79. The van der Waals surface area contributed by atoms with Crippen LogP contribution >= 0.6 is 0 Å². The lowest BCUT2D eigenvalue weighted by Crippen LogP contribution is -2.44. The zero-order valence-corrected chi connectivity index (χ0v) is 19.4. The summed E-state index contributed by atoms with van der Waals surface area (Å²) in [4.78, 5) is 21.0. The minimum absolute atomic E-state index is 0.158. The van der Waals surface area contributed by atoms with E-state index in [0.717, 1.165) is 69.4 Å². The molecule has 174 valence electrons. The number of halogens is 1. The predicted octanol–water partition coefficient (Wildman–Crippen LogP) is 5.68. The number of hydrogen-bond acceptors (Lipinski definition) is 2. The van der Waals surface area contributed by atoms with Gasteiger partial charge in [0.15, 0.2) is 0 Å². The molecule has 5 rings (SSSR count). The zero-order chi connectivity index (χ0) is 22.7. The zero-order valence-electron chi connectivity index (χ0n) is 19.4. The van der Waals surface area contributed by atoms with Crippen LogP contribution in [0.15, 0.2) is 54.7 Å². The molecule has 1 atom stereocenters. The lowest BCUT2D eigenvalue weighted by Gasteiger charge is -2.38. The average Bonchev–Trinajstić information content (AvgIpc) is 3.32. The molecule has 3 heterocycles. The molecule has 1 amide bonds. The van der Waals surface area contributed by atoms with Crippen LogP contribution < -0.4 is 0 Å². The van der Waals surface area contributed by atoms with Crippen LogP contribution in [0.4, 0.5) is 4.39 Å². The summed E-state index contributed by atoms with van der Waals surface area (Å²) in [6, 6.07) is 15.3. The van der Waals surface area contributed by atoms with E-state index in [1.165, 1.54) is 29.9 Å². The quantitative estimate of drug-likeness (QED) is 0.528. The van der Waals surface area contributed by atoms with Crippen molar-refractivity contribution in [3.05, 3.63) is 71.7 Å². The summed E-state index contributed by atoms with van der Waals surface area (Å²) in [5.74, 6) is 0.132. The molecule has 0 aliphatic carbocycles. The van der Waals surface area contributed by atoms with Gasteiger partial charge in [0.05, 0.1) is 0 Å². The number of carbonyl (C=O) groups excluding carboxylic acids is 1. The van der Waals surface area contributed by atoms with Gasteiger partial charge in [-0.1, -0.05) is 30.3 Å². The number of aromatic amines is 1. The highest BCUT2D eigenvalue weighted by molar-refractivity contribution is 5.83. The smallest absolute Gasteiger partial charge is 0.222 e. The maximum absolute atomic E-state index is 13.7. The summed E-state index contributed by atoms with van der Waals surface area (Å²) in [6.45, 7) is 3.57. The number of rotatable bonds is 6. The number of fused-ring (bicyclic) bond motifs is 1. The van der Waals surface area contributed by atoms with Gasteiger partial charge in [-0.3, -0.25) is 9.69 Å². The highest BCUT2D eigenvalue weighted by Gasteiger charge is 2.41. The minimum Gasteiger partial charge on any atom is -0.361 e. The van der Waals surface area contributed by atoms with Crippen molar-refractivity contribution in [2.75, 3.05) is 19.6 Å². The Morgan fingerprint density at radius 3 is 2.73 bits per heavy atom. The molecule has 1 spiro atoms. The van der Waals surface area contributed by atoms with Gasteiger partial charge in [-0.25, -0.2) is 4.39 Å². The molecule has 2 saturated heterocycles. The predicted molar refractivity (Wildman–Crippen MR) is 130 cm³/mol. The Kier molecular flexibility index (Phi) is 6.50. The number of nitrogens with zero attached hydrogens (tertiary/aromatic N) is 2. The number of amides is 1. The molecule has 2 aliphatic rings. The lowest BCUT2D eigenvalue weighted by atomic mass is 9.87. The van der Waals surface area contributed by atoms with Crippen LogP contribution in [0.2, 0.25) is 0 Å². The van der Waals surface area contributed by atoms with Gasteiger partial charge in [-0.2, -0.15) is 0 Å². The van der Waals surface area contributed by atoms with Crippen LogP contribution in [0.5, 0.6) is 0 Å². The van der Waals surface area contributed by atoms with Crippen molar-refractivity contribution in [1.29, 1.82) is 0 Å². The van der Waals surface area contributed by atoms with Crippen molar-refractivity contribution in [1.82, 2.24) is 14.8 Å². The van der Waals surface area contributed by atoms with Gasteiger partial charge in [0.2, 0.25) is 5.91 Å². The number of hydrogen-bond donors (Lipinski definition) is 1. The molecule has 4 nitrogen and oxygen atoms in total. The monoisotopic (exact) mass is 447 g/mol. The van der Waals surface area contributed by atoms with Crippen molar-refractivity contribution in [3.8, 4) is 0 Å². The van der Waals surface area contributed by atoms with Crippen LogP contribution in [-0.2, 0) is 17.8 Å². The van der Waals surface area contributed by atoms with E-state index in [0.29, 0.717) is 12.3 Å². The average molecular weight is 448 g/mol. The molecule has 33 heavy (non-hydrogen) atoms. The normalized spacial score (nSPS) is 21.7. The molecule has 0 saturated carbocycles. The topological polar surface area (TPSA) is 39.3 Å². The lowest BCUT2D eigenvalue weighted by molar-refractivity contribution is -0.131. The second-order valence-corrected chi connectivity index (χ2v) is 9.83. The van der Waals surface area contributed by atoms with Crippen molar-refractivity contribution in [2.24, 2.45) is 0 Å². The molecule has 0 unspecified atom stereocenters. The number of aromatic nitrogens is 1. The van der Waals surface area contributed by atoms with Gasteiger partial charge in [0, 0.05) is 48.7 Å². The number of aryl methyl sites for hydroxylation is 1. The van der Waals surface area contributed by atoms with Crippen LogP contribution in [0.1, 0.15) is 56.1 Å². The number of nitrogens with one attached hydrogen (secondary N) is 1. The number of benzene rings is 2. The molecule has 2 fully saturated rings. The van der Waals surface area contributed by atoms with E-state index in [1.54, 1.807) is 12.1 Å². The highest BCUT2D eigenvalue weighted by atomic mass is 19.1. The van der Waals surface area contributed by atoms with Crippen molar-refractivity contribution < 1.29 is 9.18 Å². The van der Waals surface area contributed by atoms with E-state index in [-0.39, 0.29) is 11.4 Å². The van der Waals surface area contributed by atoms with Crippen LogP contribution in [0.3, 0.4) is 0 Å². The molecule has 2 aliphatic heterocycles. The Bertz CT molecular complexity index is 1110. The Labute approximate surface area is 195 Å². The standard InChI is InChI=1S/C28H34FN3O/c29-24-9-3-7-22(19-24)21-32-17-6-14-28(32)13-5-16-31(18-15-28)27(33)12-4-8-23-20-30-26-11-2-1-10-25(23)26/h1-3,7,9-11,19-20,30H,4-6,8,12-18,21H2/t28-/m0/s1. The van der Waals surface area contributed by atoms with E-state index < -0.39 is 0 Å². The van der Waals surface area contributed by atoms with Gasteiger partial charge < -0.3 is 9.88 Å². The van der Waals surface area contributed by atoms with E-state index >= 15 is 0 Å². The fourth-order valence-electron chi connectivity index (χ4n) is 6.02. The van der Waals surface area contributed by atoms with Crippen LogP contribution in [0.25, 0.3) is 10.9 Å². The first kappa shape index (κ1) is 22.1. The van der Waals surface area contributed by atoms with E-state index in [9.17, 15) is 9.18 Å². The molecule has 5 heteroatoms. The fourth-order valence-corrected chi connectivity index (χ4v) is 6.02. The van der Waals surface area contributed by atoms with Crippen molar-refractivity contribution in [3.63, 3.8) is 0 Å². The molecule has 0 radical (unpaired) electrons. The van der Waals surface area contributed by atoms with Gasteiger partial charge in [0.1, 0.15) is 5.82 Å². The second kappa shape index (κ2) is 9.68. The number of H-pyrrole nitrogens is 1. The van der Waals surface area contributed by atoms with Gasteiger partial charge in [-0.15, -0.1) is 0 Å². The number of likely N-dealkylation sites (tertiary alicyclic amines) is 2. The maximum Gasteiger partial charge on any atom is 0.222 e. The summed E-state index contributed by atoms with van der Waals surface area (Å²) in [5.41, 5.74) is 3.67. The molecule has 1 N–H and O–H groups in total. The van der Waals surface area contributed by atoms with Gasteiger partial charge in [-0.05, 0) is 80.8 Å². The summed E-state index contributed by atoms with van der Waals surface area (Å²) < 4.78 is 13.7. The first-order chi connectivity index (χ1) is 16.1. The third-order valence-corrected chi connectivity index (χ3v) is 7.79. The second-order valence-electron chi connectivity index (χ2n) is 9.83. The summed E-state index contributed by atoms with van der Waals surface area (Å²) in [6.07, 6.45) is 10.1. The van der Waals surface area contributed by atoms with Gasteiger partial charge >= 0.3 is 0 Å². The molecule has 3 aromatic rings. The SMILES string of the molecule is O=C(CCCc1c[nH]c2ccccc12)N1CCC[C@]2(CCCN2Cc2cccc(F)c2)CC1. The number of para-hydroxylation sites is 1.